The molecule has 0 N–H and O–H groups in total. The van der Waals surface area contributed by atoms with Gasteiger partial charge < -0.3 is 4.42 Å². The maximum absolute atomic E-state index is 6.12. The minimum atomic E-state index is 0.554. The molecule has 3 aromatic heterocycles. The summed E-state index contributed by atoms with van der Waals surface area (Å²) < 4.78 is 6.12. The fourth-order valence-corrected chi connectivity index (χ4v) is 6.16. The van der Waals surface area contributed by atoms with Gasteiger partial charge in [-0.05, 0) is 44.5 Å². The Labute approximate surface area is 246 Å². The Morgan fingerprint density at radius 3 is 1.98 bits per heavy atom. The van der Waals surface area contributed by atoms with Crippen LogP contribution < -0.4 is 0 Å². The van der Waals surface area contributed by atoms with E-state index in [-0.39, 0.29) is 0 Å². The lowest BCUT2D eigenvalue weighted by molar-refractivity contribution is 0.667. The van der Waals surface area contributed by atoms with Crippen molar-refractivity contribution in [1.82, 2.24) is 19.9 Å². The van der Waals surface area contributed by atoms with Gasteiger partial charge in [0, 0.05) is 33.7 Å². The van der Waals surface area contributed by atoms with Crippen LogP contribution in [0.2, 0.25) is 0 Å². The van der Waals surface area contributed by atoms with Crippen LogP contribution >= 0.6 is 0 Å². The van der Waals surface area contributed by atoms with Crippen molar-refractivity contribution in [3.8, 4) is 34.2 Å². The van der Waals surface area contributed by atoms with Gasteiger partial charge in [-0.2, -0.15) is 0 Å². The van der Waals surface area contributed by atoms with Crippen LogP contribution in [0.3, 0.4) is 0 Å². The van der Waals surface area contributed by atoms with Gasteiger partial charge in [0.2, 0.25) is 0 Å². The van der Waals surface area contributed by atoms with E-state index < -0.39 is 0 Å². The maximum Gasteiger partial charge on any atom is 0.166 e. The fraction of sp³-hybridized carbons (Fsp3) is 0. The summed E-state index contributed by atoms with van der Waals surface area (Å²) in [5.41, 5.74) is 4.15. The number of nitrogens with zero attached hydrogens (tertiary/aromatic N) is 4. The average Bonchev–Trinajstić information content (AvgIpc) is 3.47. The second kappa shape index (κ2) is 9.29. The van der Waals surface area contributed by atoms with Crippen molar-refractivity contribution >= 4 is 54.3 Å². The molecule has 0 saturated heterocycles. The molecular weight excluding hydrogens is 528 g/mol. The average molecular weight is 551 g/mol. The Bertz CT molecular complexity index is 2520. The topological polar surface area (TPSA) is 64.7 Å². The molecule has 0 spiro atoms. The van der Waals surface area contributed by atoms with Gasteiger partial charge in [0.05, 0.1) is 6.20 Å². The van der Waals surface area contributed by atoms with Gasteiger partial charge in [-0.15, -0.1) is 0 Å². The van der Waals surface area contributed by atoms with Crippen LogP contribution in [0.5, 0.6) is 0 Å². The third-order valence-electron chi connectivity index (χ3n) is 8.18. The molecule has 0 radical (unpaired) electrons. The molecule has 5 nitrogen and oxygen atoms in total. The highest BCUT2D eigenvalue weighted by molar-refractivity contribution is 6.20. The minimum Gasteiger partial charge on any atom is -0.454 e. The summed E-state index contributed by atoms with van der Waals surface area (Å²) in [7, 11) is 0. The first-order valence-electron chi connectivity index (χ1n) is 14.2. The van der Waals surface area contributed by atoms with E-state index in [0.29, 0.717) is 23.1 Å². The van der Waals surface area contributed by atoms with E-state index in [1.807, 2.05) is 54.7 Å². The number of benzene rings is 6. The molecule has 0 saturated carbocycles. The molecule has 5 heteroatoms. The monoisotopic (exact) mass is 550 g/mol. The lowest BCUT2D eigenvalue weighted by atomic mass is 9.95. The Kier molecular flexibility index (Phi) is 5.13. The fourth-order valence-electron chi connectivity index (χ4n) is 6.16. The Hall–Kier alpha value is -5.94. The molecule has 0 aliphatic heterocycles. The van der Waals surface area contributed by atoms with E-state index in [0.717, 1.165) is 38.4 Å². The molecule has 0 bridgehead atoms. The zero-order valence-corrected chi connectivity index (χ0v) is 22.9. The molecule has 6 aromatic carbocycles. The highest BCUT2D eigenvalue weighted by Gasteiger charge is 2.18. The number of hydrogen-bond donors (Lipinski definition) is 0. The number of para-hydroxylation sites is 1. The lowest BCUT2D eigenvalue weighted by Crippen LogP contribution is -2.00. The van der Waals surface area contributed by atoms with Gasteiger partial charge in [0.1, 0.15) is 5.58 Å². The zero-order chi connectivity index (χ0) is 28.3. The number of aromatic nitrogens is 4. The molecular formula is C38H22N4O. The number of rotatable bonds is 3. The first-order chi connectivity index (χ1) is 21.3. The van der Waals surface area contributed by atoms with E-state index in [2.05, 4.69) is 77.8 Å². The van der Waals surface area contributed by atoms with Gasteiger partial charge in [0.15, 0.2) is 23.1 Å². The molecule has 9 rings (SSSR count). The quantitative estimate of drug-likeness (QED) is 0.205. The van der Waals surface area contributed by atoms with Crippen LogP contribution in [0.4, 0.5) is 0 Å². The maximum atomic E-state index is 6.12. The molecule has 0 atom stereocenters. The van der Waals surface area contributed by atoms with E-state index in [9.17, 15) is 0 Å². The molecule has 0 amide bonds. The SMILES string of the molecule is c1ccc(-c2nc(-c3ccc4c(ccc5ccc6ccccc6c54)c3)nc(-c3cncc4oc5ccccc5c34)n2)cc1. The van der Waals surface area contributed by atoms with E-state index in [4.69, 9.17) is 19.4 Å². The molecule has 0 unspecified atom stereocenters. The lowest BCUT2D eigenvalue weighted by Gasteiger charge is -2.11. The summed E-state index contributed by atoms with van der Waals surface area (Å²) in [5, 5.41) is 9.25. The summed E-state index contributed by atoms with van der Waals surface area (Å²) in [5.74, 6) is 1.77. The molecule has 0 aliphatic rings. The Balaban J connectivity index is 1.29. The van der Waals surface area contributed by atoms with E-state index in [1.54, 1.807) is 6.20 Å². The summed E-state index contributed by atoms with van der Waals surface area (Å²) in [6.45, 7) is 0. The van der Waals surface area contributed by atoms with Crippen molar-refractivity contribution in [3.05, 3.63) is 134 Å². The van der Waals surface area contributed by atoms with Crippen molar-refractivity contribution in [2.24, 2.45) is 0 Å². The first-order valence-corrected chi connectivity index (χ1v) is 14.2. The van der Waals surface area contributed by atoms with E-state index >= 15 is 0 Å². The largest absolute Gasteiger partial charge is 0.454 e. The number of pyridine rings is 1. The molecule has 9 aromatic rings. The molecule has 0 fully saturated rings. The smallest absolute Gasteiger partial charge is 0.166 e. The minimum absolute atomic E-state index is 0.554. The molecule has 3 heterocycles. The second-order valence-electron chi connectivity index (χ2n) is 10.7. The van der Waals surface area contributed by atoms with E-state index in [1.165, 1.54) is 26.9 Å². The summed E-state index contributed by atoms with van der Waals surface area (Å²) in [6, 6.07) is 41.8. The van der Waals surface area contributed by atoms with Crippen molar-refractivity contribution in [2.45, 2.75) is 0 Å². The van der Waals surface area contributed by atoms with Gasteiger partial charge in [-0.3, -0.25) is 4.98 Å². The van der Waals surface area contributed by atoms with Crippen LogP contribution in [-0.4, -0.2) is 19.9 Å². The number of fused-ring (bicyclic) bond motifs is 8. The van der Waals surface area contributed by atoms with Crippen LogP contribution in [0.25, 0.3) is 88.4 Å². The standard InChI is InChI=1S/C38H22N4O/c1-2-9-25(10-3-1)36-40-37(42-38(41-36)31-21-39-22-33-35(31)30-12-6-7-13-32(30)43-33)27-18-19-29-26(20-27)17-16-24-15-14-23-8-4-5-11-28(23)34(24)29/h1-22H. The first kappa shape index (κ1) is 23.7. The van der Waals surface area contributed by atoms with Crippen molar-refractivity contribution in [2.75, 3.05) is 0 Å². The highest BCUT2D eigenvalue weighted by atomic mass is 16.3. The zero-order valence-electron chi connectivity index (χ0n) is 22.9. The summed E-state index contributed by atoms with van der Waals surface area (Å²) in [6.07, 6.45) is 3.56. The van der Waals surface area contributed by atoms with Crippen LogP contribution in [0, 0.1) is 0 Å². The van der Waals surface area contributed by atoms with Crippen LogP contribution in [0.15, 0.2) is 138 Å². The Morgan fingerprint density at radius 2 is 1.09 bits per heavy atom. The number of furan rings is 1. The molecule has 0 aliphatic carbocycles. The predicted molar refractivity (Wildman–Crippen MR) is 174 cm³/mol. The van der Waals surface area contributed by atoms with Crippen molar-refractivity contribution in [1.29, 1.82) is 0 Å². The Morgan fingerprint density at radius 1 is 0.419 bits per heavy atom. The third-order valence-corrected chi connectivity index (χ3v) is 8.18. The third kappa shape index (κ3) is 3.79. The molecule has 43 heavy (non-hydrogen) atoms. The van der Waals surface area contributed by atoms with Crippen LogP contribution in [0.1, 0.15) is 0 Å². The second-order valence-corrected chi connectivity index (χ2v) is 10.7. The number of hydrogen-bond acceptors (Lipinski definition) is 5. The molecule has 200 valence electrons. The van der Waals surface area contributed by atoms with Crippen molar-refractivity contribution < 1.29 is 4.42 Å². The summed E-state index contributed by atoms with van der Waals surface area (Å²) >= 11 is 0. The van der Waals surface area contributed by atoms with Gasteiger partial charge in [-0.25, -0.2) is 15.0 Å². The van der Waals surface area contributed by atoms with Gasteiger partial charge >= 0.3 is 0 Å². The van der Waals surface area contributed by atoms with Crippen molar-refractivity contribution in [3.63, 3.8) is 0 Å². The van der Waals surface area contributed by atoms with Gasteiger partial charge in [-0.1, -0.05) is 109 Å². The van der Waals surface area contributed by atoms with Crippen LogP contribution in [-0.2, 0) is 0 Å². The van der Waals surface area contributed by atoms with Gasteiger partial charge in [0.25, 0.3) is 0 Å². The normalized spacial score (nSPS) is 11.7. The predicted octanol–water partition coefficient (Wildman–Crippen LogP) is 9.63. The highest BCUT2D eigenvalue weighted by Crippen LogP contribution is 2.37. The summed E-state index contributed by atoms with van der Waals surface area (Å²) in [4.78, 5) is 19.5.